The molecule has 1 atom stereocenters. The molecule has 0 saturated carbocycles. The van der Waals surface area contributed by atoms with E-state index in [2.05, 4.69) is 33.0 Å². The number of rotatable bonds is 10. The van der Waals surface area contributed by atoms with Gasteiger partial charge in [0.1, 0.15) is 0 Å². The second kappa shape index (κ2) is 10.1. The van der Waals surface area contributed by atoms with E-state index in [1.807, 2.05) is 0 Å². The summed E-state index contributed by atoms with van der Waals surface area (Å²) in [6, 6.07) is 0. The summed E-state index contributed by atoms with van der Waals surface area (Å²) in [6.07, 6.45) is 4.60. The highest BCUT2D eigenvalue weighted by Crippen LogP contribution is 2.28. The number of hydrogen-bond acceptors (Lipinski definition) is 4. The van der Waals surface area contributed by atoms with E-state index in [1.165, 1.54) is 4.90 Å². The minimum atomic E-state index is -0.263. The smallest absolute Gasteiger partial charge is 0.242 e. The first kappa shape index (κ1) is 21.0. The van der Waals surface area contributed by atoms with Gasteiger partial charge in [-0.15, -0.1) is 11.8 Å². The van der Waals surface area contributed by atoms with Crippen molar-refractivity contribution in [1.29, 1.82) is 0 Å². The van der Waals surface area contributed by atoms with Crippen LogP contribution in [-0.4, -0.2) is 46.7 Å². The van der Waals surface area contributed by atoms with Crippen molar-refractivity contribution in [2.75, 3.05) is 18.8 Å². The Morgan fingerprint density at radius 2 is 2.00 bits per heavy atom. The molecule has 1 fully saturated rings. The van der Waals surface area contributed by atoms with Crippen LogP contribution in [0.5, 0.6) is 0 Å². The zero-order valence-corrected chi connectivity index (χ0v) is 16.3. The molecule has 1 rings (SSSR count). The largest absolute Gasteiger partial charge is 0.356 e. The molecule has 0 bridgehead atoms. The van der Waals surface area contributed by atoms with Gasteiger partial charge in [0.05, 0.1) is 5.25 Å². The molecule has 0 aromatic heterocycles. The van der Waals surface area contributed by atoms with E-state index in [0.29, 0.717) is 12.0 Å². The molecule has 1 N–H and O–H groups in total. The van der Waals surface area contributed by atoms with E-state index in [1.54, 1.807) is 11.8 Å². The molecular weight excluding hydrogens is 324 g/mol. The Bertz CT molecular complexity index is 446. The number of amides is 3. The Morgan fingerprint density at radius 1 is 1.29 bits per heavy atom. The maximum atomic E-state index is 12.3. The van der Waals surface area contributed by atoms with E-state index in [-0.39, 0.29) is 42.4 Å². The molecule has 1 saturated heterocycles. The summed E-state index contributed by atoms with van der Waals surface area (Å²) in [7, 11) is 0. The van der Waals surface area contributed by atoms with Crippen LogP contribution in [0, 0.1) is 5.41 Å². The predicted octanol–water partition coefficient (Wildman–Crippen LogP) is 2.98. The zero-order chi connectivity index (χ0) is 18.2. The number of nitrogens with one attached hydrogen (secondary N) is 1. The highest BCUT2D eigenvalue weighted by Gasteiger charge is 2.38. The lowest BCUT2D eigenvalue weighted by Gasteiger charge is -2.18. The van der Waals surface area contributed by atoms with Crippen molar-refractivity contribution in [3.8, 4) is 0 Å². The third-order valence-electron chi connectivity index (χ3n) is 4.01. The number of nitrogens with zero attached hydrogens (tertiary/aromatic N) is 1. The first-order valence-corrected chi connectivity index (χ1v) is 10.0. The zero-order valence-electron chi connectivity index (χ0n) is 15.5. The van der Waals surface area contributed by atoms with Gasteiger partial charge in [0, 0.05) is 25.9 Å². The molecule has 1 unspecified atom stereocenters. The fraction of sp³-hybridized carbons (Fsp3) is 0.833. The van der Waals surface area contributed by atoms with Crippen molar-refractivity contribution in [2.24, 2.45) is 5.41 Å². The summed E-state index contributed by atoms with van der Waals surface area (Å²) >= 11 is 1.58. The summed E-state index contributed by atoms with van der Waals surface area (Å²) in [5, 5.41) is 2.55. The Labute approximate surface area is 150 Å². The predicted molar refractivity (Wildman–Crippen MR) is 98.8 cm³/mol. The van der Waals surface area contributed by atoms with Crippen LogP contribution in [-0.2, 0) is 14.4 Å². The minimum absolute atomic E-state index is 0.0923. The molecule has 1 aliphatic rings. The third-order valence-corrected chi connectivity index (χ3v) is 5.30. The quantitative estimate of drug-likeness (QED) is 0.483. The number of carbonyl (C=O) groups is 3. The number of thioether (sulfide) groups is 1. The van der Waals surface area contributed by atoms with E-state index in [4.69, 9.17) is 0 Å². The Kier molecular flexibility index (Phi) is 8.81. The average Bonchev–Trinajstić information content (AvgIpc) is 2.75. The molecule has 0 aromatic carbocycles. The molecule has 24 heavy (non-hydrogen) atoms. The van der Waals surface area contributed by atoms with Gasteiger partial charge in [-0.1, -0.05) is 34.1 Å². The van der Waals surface area contributed by atoms with Crippen LogP contribution in [0.2, 0.25) is 0 Å². The fourth-order valence-corrected chi connectivity index (χ4v) is 3.68. The van der Waals surface area contributed by atoms with Gasteiger partial charge in [0.25, 0.3) is 0 Å². The van der Waals surface area contributed by atoms with Gasteiger partial charge in [-0.05, 0) is 30.4 Å². The van der Waals surface area contributed by atoms with Crippen molar-refractivity contribution >= 4 is 29.5 Å². The SMILES string of the molecule is CCCCNC(=O)CCN1C(=O)CC(SCCCC(C)(C)C)C1=O. The maximum Gasteiger partial charge on any atom is 0.242 e. The summed E-state index contributed by atoms with van der Waals surface area (Å²) < 4.78 is 0. The van der Waals surface area contributed by atoms with Crippen molar-refractivity contribution in [3.05, 3.63) is 0 Å². The summed E-state index contributed by atoms with van der Waals surface area (Å²) in [4.78, 5) is 37.3. The summed E-state index contributed by atoms with van der Waals surface area (Å²) in [6.45, 7) is 9.53. The molecule has 1 heterocycles. The standard InChI is InChI=1S/C18H32N2O3S/c1-5-6-10-19-15(21)8-11-20-16(22)13-14(17(20)23)24-12-7-9-18(2,3)4/h14H,5-13H2,1-4H3,(H,19,21). The second-order valence-corrected chi connectivity index (χ2v) is 8.88. The highest BCUT2D eigenvalue weighted by molar-refractivity contribution is 8.00. The number of unbranched alkanes of at least 4 members (excludes halogenated alkanes) is 1. The monoisotopic (exact) mass is 356 g/mol. The Balaban J connectivity index is 2.31. The Morgan fingerprint density at radius 3 is 2.62 bits per heavy atom. The Hall–Kier alpha value is -1.04. The lowest BCUT2D eigenvalue weighted by atomic mass is 9.91. The van der Waals surface area contributed by atoms with E-state index in [0.717, 1.165) is 31.4 Å². The minimum Gasteiger partial charge on any atom is -0.356 e. The number of likely N-dealkylation sites (tertiary alicyclic amines) is 1. The van der Waals surface area contributed by atoms with Crippen LogP contribution in [0.1, 0.15) is 66.2 Å². The van der Waals surface area contributed by atoms with Gasteiger partial charge in [0.2, 0.25) is 17.7 Å². The van der Waals surface area contributed by atoms with Gasteiger partial charge in [-0.25, -0.2) is 0 Å². The lowest BCUT2D eigenvalue weighted by Crippen LogP contribution is -2.35. The third kappa shape index (κ3) is 7.69. The molecule has 3 amide bonds. The summed E-state index contributed by atoms with van der Waals surface area (Å²) in [5.41, 5.74) is 0.299. The molecule has 138 valence electrons. The molecule has 0 aromatic rings. The van der Waals surface area contributed by atoms with E-state index < -0.39 is 0 Å². The normalized spacial score (nSPS) is 18.3. The topological polar surface area (TPSA) is 66.5 Å². The van der Waals surface area contributed by atoms with Crippen molar-refractivity contribution in [1.82, 2.24) is 10.2 Å². The molecule has 0 spiro atoms. The van der Waals surface area contributed by atoms with E-state index in [9.17, 15) is 14.4 Å². The number of hydrogen-bond donors (Lipinski definition) is 1. The molecule has 5 nitrogen and oxygen atoms in total. The fourth-order valence-electron chi connectivity index (χ4n) is 2.55. The van der Waals surface area contributed by atoms with Crippen LogP contribution in [0.3, 0.4) is 0 Å². The van der Waals surface area contributed by atoms with Crippen LogP contribution in [0.25, 0.3) is 0 Å². The molecule has 6 heteroatoms. The van der Waals surface area contributed by atoms with Crippen molar-refractivity contribution in [2.45, 2.75) is 71.5 Å². The average molecular weight is 357 g/mol. The highest BCUT2D eigenvalue weighted by atomic mass is 32.2. The summed E-state index contributed by atoms with van der Waals surface area (Å²) in [5.74, 6) is 0.536. The van der Waals surface area contributed by atoms with Crippen molar-refractivity contribution < 1.29 is 14.4 Å². The molecular formula is C18H32N2O3S. The molecule has 1 aliphatic heterocycles. The van der Waals surface area contributed by atoms with Gasteiger partial charge >= 0.3 is 0 Å². The van der Waals surface area contributed by atoms with Crippen molar-refractivity contribution in [3.63, 3.8) is 0 Å². The van der Waals surface area contributed by atoms with Crippen LogP contribution in [0.4, 0.5) is 0 Å². The number of imide groups is 1. The van der Waals surface area contributed by atoms with Gasteiger partial charge in [-0.2, -0.15) is 0 Å². The first-order chi connectivity index (χ1) is 11.2. The first-order valence-electron chi connectivity index (χ1n) is 8.97. The molecule has 0 aliphatic carbocycles. The van der Waals surface area contributed by atoms with Gasteiger partial charge < -0.3 is 5.32 Å². The van der Waals surface area contributed by atoms with E-state index >= 15 is 0 Å². The van der Waals surface area contributed by atoms with Crippen LogP contribution in [0.15, 0.2) is 0 Å². The van der Waals surface area contributed by atoms with Crippen LogP contribution >= 0.6 is 11.8 Å². The maximum absolute atomic E-state index is 12.3. The lowest BCUT2D eigenvalue weighted by molar-refractivity contribution is -0.138. The molecule has 0 radical (unpaired) electrons. The second-order valence-electron chi connectivity index (χ2n) is 7.56. The number of carbonyl (C=O) groups excluding carboxylic acids is 3. The van der Waals surface area contributed by atoms with Crippen LogP contribution < -0.4 is 5.32 Å². The van der Waals surface area contributed by atoms with Gasteiger partial charge in [-0.3, -0.25) is 19.3 Å². The van der Waals surface area contributed by atoms with Gasteiger partial charge in [0.15, 0.2) is 0 Å².